The summed E-state index contributed by atoms with van der Waals surface area (Å²) < 4.78 is 15.4. The Morgan fingerprint density at radius 3 is 1.89 bits per heavy atom. The molecular formula is C11H19AlO6. The molecule has 0 rings (SSSR count). The molecule has 0 atom stereocenters. The molecule has 0 N–H and O–H groups in total. The van der Waals surface area contributed by atoms with Crippen LogP contribution < -0.4 is 0 Å². The zero-order valence-corrected chi connectivity index (χ0v) is 12.2. The molecule has 0 spiro atoms. The minimum atomic E-state index is -2.61. The first-order chi connectivity index (χ1) is 8.51. The molecule has 0 aliphatic heterocycles. The van der Waals surface area contributed by atoms with Crippen molar-refractivity contribution in [1.82, 2.24) is 0 Å². The van der Waals surface area contributed by atoms with Gasteiger partial charge in [-0.15, -0.1) is 0 Å². The average Bonchev–Trinajstić information content (AvgIpc) is 2.31. The number of hydrogen-bond acceptors (Lipinski definition) is 6. The summed E-state index contributed by atoms with van der Waals surface area (Å²) >= 11 is -2.61. The Labute approximate surface area is 112 Å². The Hall–Kier alpha value is -0.738. The van der Waals surface area contributed by atoms with Gasteiger partial charge in [-0.2, -0.15) is 0 Å². The van der Waals surface area contributed by atoms with Crippen LogP contribution >= 0.6 is 0 Å². The lowest BCUT2D eigenvalue weighted by molar-refractivity contribution is -0.150. The van der Waals surface area contributed by atoms with Crippen molar-refractivity contribution < 1.29 is 25.7 Å². The van der Waals surface area contributed by atoms with E-state index in [1.807, 2.05) is 13.8 Å². The Balaban J connectivity index is 4.23. The van der Waals surface area contributed by atoms with E-state index >= 15 is 0 Å². The molecule has 0 bridgehead atoms. The number of hydrogen-bond donors (Lipinski definition) is 0. The molecule has 7 heteroatoms. The van der Waals surface area contributed by atoms with Crippen LogP contribution in [0.2, 0.25) is 0 Å². The first-order valence-corrected chi connectivity index (χ1v) is 7.39. The van der Waals surface area contributed by atoms with Crippen molar-refractivity contribution in [3.05, 3.63) is 0 Å². The van der Waals surface area contributed by atoms with E-state index in [1.165, 1.54) is 6.92 Å². The van der Waals surface area contributed by atoms with Gasteiger partial charge in [0.2, 0.25) is 5.78 Å². The van der Waals surface area contributed by atoms with Gasteiger partial charge in [0, 0.05) is 13.2 Å². The molecule has 102 valence electrons. The molecular weight excluding hydrogens is 255 g/mol. The molecule has 0 amide bonds. The molecule has 18 heavy (non-hydrogen) atoms. The third-order valence-corrected chi connectivity index (χ3v) is 3.18. The highest BCUT2D eigenvalue weighted by Crippen LogP contribution is 1.99. The minimum absolute atomic E-state index is 0.376. The highest BCUT2D eigenvalue weighted by Gasteiger charge is 2.38. The third-order valence-electron chi connectivity index (χ3n) is 1.76. The van der Waals surface area contributed by atoms with Crippen LogP contribution in [0.15, 0.2) is 0 Å². The van der Waals surface area contributed by atoms with E-state index in [9.17, 15) is 14.4 Å². The topological polar surface area (TPSA) is 78.9 Å². The quantitative estimate of drug-likeness (QED) is 0.335. The van der Waals surface area contributed by atoms with E-state index in [0.29, 0.717) is 13.2 Å². The fraction of sp³-hybridized carbons (Fsp3) is 0.727. The van der Waals surface area contributed by atoms with Crippen LogP contribution in [-0.2, 0) is 25.7 Å². The SMILES string of the molecule is CCC[O][Al]([O]CCC)[O]C(=O)C(=O)CC(C)=O. The van der Waals surface area contributed by atoms with Gasteiger partial charge in [0.05, 0.1) is 6.42 Å². The Morgan fingerprint density at radius 1 is 1.00 bits per heavy atom. The van der Waals surface area contributed by atoms with Gasteiger partial charge in [-0.1, -0.05) is 13.8 Å². The fourth-order valence-electron chi connectivity index (χ4n) is 0.996. The largest absolute Gasteiger partial charge is 1.00 e. The number of rotatable bonds is 10. The van der Waals surface area contributed by atoms with Crippen molar-refractivity contribution in [2.45, 2.75) is 40.0 Å². The van der Waals surface area contributed by atoms with E-state index in [-0.39, 0.29) is 5.78 Å². The number of carbonyl (C=O) groups excluding carboxylic acids is 3. The van der Waals surface area contributed by atoms with Crippen LogP contribution in [-0.4, -0.2) is 45.9 Å². The second kappa shape index (κ2) is 10.2. The zero-order valence-electron chi connectivity index (χ0n) is 11.1. The molecule has 0 aliphatic rings. The molecule has 0 aromatic rings. The number of Topliss-reactive ketones (excluding diaryl/α,β-unsaturated/α-hetero) is 2. The molecule has 0 fully saturated rings. The van der Waals surface area contributed by atoms with Gasteiger partial charge in [0.25, 0.3) is 0 Å². The highest BCUT2D eigenvalue weighted by atomic mass is 27.3. The van der Waals surface area contributed by atoms with Crippen molar-refractivity contribution >= 4 is 32.7 Å². The summed E-state index contributed by atoms with van der Waals surface area (Å²) in [6.07, 6.45) is 1.08. The summed E-state index contributed by atoms with van der Waals surface area (Å²) in [5.74, 6) is -2.28. The number of carbonyl (C=O) groups is 3. The van der Waals surface area contributed by atoms with Gasteiger partial charge >= 0.3 is 21.1 Å². The van der Waals surface area contributed by atoms with Crippen LogP contribution in [0.5, 0.6) is 0 Å². The molecule has 0 unspecified atom stereocenters. The van der Waals surface area contributed by atoms with E-state index < -0.39 is 33.3 Å². The smallest absolute Gasteiger partial charge is 0.566 e. The number of ketones is 2. The summed E-state index contributed by atoms with van der Waals surface area (Å²) in [5, 5.41) is 0. The molecule has 0 aromatic carbocycles. The van der Waals surface area contributed by atoms with Gasteiger partial charge < -0.3 is 11.4 Å². The second-order valence-electron chi connectivity index (χ2n) is 3.74. The summed E-state index contributed by atoms with van der Waals surface area (Å²) in [5.41, 5.74) is 0. The first kappa shape index (κ1) is 17.3. The molecule has 0 aliphatic carbocycles. The van der Waals surface area contributed by atoms with Crippen LogP contribution in [0.4, 0.5) is 0 Å². The normalized spacial score (nSPS) is 9.94. The second-order valence-corrected chi connectivity index (χ2v) is 5.22. The lowest BCUT2D eigenvalue weighted by Gasteiger charge is -2.11. The Kier molecular flexibility index (Phi) is 9.79. The lowest BCUT2D eigenvalue weighted by atomic mass is 10.2. The van der Waals surface area contributed by atoms with Gasteiger partial charge in [0.15, 0.2) is 0 Å². The van der Waals surface area contributed by atoms with Crippen LogP contribution in [0.25, 0.3) is 0 Å². The van der Waals surface area contributed by atoms with E-state index in [2.05, 4.69) is 0 Å². The lowest BCUT2D eigenvalue weighted by Crippen LogP contribution is -2.34. The summed E-state index contributed by atoms with van der Waals surface area (Å²) in [6, 6.07) is 0. The summed E-state index contributed by atoms with van der Waals surface area (Å²) in [7, 11) is 0. The fourth-order valence-corrected chi connectivity index (χ4v) is 2.39. The maximum Gasteiger partial charge on any atom is 1.00 e. The van der Waals surface area contributed by atoms with Crippen molar-refractivity contribution in [1.29, 1.82) is 0 Å². The van der Waals surface area contributed by atoms with E-state index in [1.54, 1.807) is 0 Å². The van der Waals surface area contributed by atoms with Gasteiger partial charge in [-0.3, -0.25) is 9.59 Å². The predicted octanol–water partition coefficient (Wildman–Crippen LogP) is 0.916. The molecule has 0 saturated heterocycles. The standard InChI is InChI=1S/C5H6O4.2C3H7O.Al/c1-3(6)2-4(7)5(8)9;2*1-2-3-4;/h2H2,1H3,(H,8,9);2*2-3H2,1H3;/q;2*-1;+3/p-1. The van der Waals surface area contributed by atoms with Crippen LogP contribution in [0.3, 0.4) is 0 Å². The average molecular weight is 274 g/mol. The van der Waals surface area contributed by atoms with Crippen molar-refractivity contribution in [3.8, 4) is 0 Å². The van der Waals surface area contributed by atoms with Gasteiger partial charge in [-0.25, -0.2) is 4.79 Å². The maximum atomic E-state index is 11.4. The third kappa shape index (κ3) is 8.37. The molecule has 6 nitrogen and oxygen atoms in total. The van der Waals surface area contributed by atoms with Gasteiger partial charge in [-0.05, 0) is 19.8 Å². The highest BCUT2D eigenvalue weighted by molar-refractivity contribution is 6.47. The zero-order chi connectivity index (χ0) is 14.0. The van der Waals surface area contributed by atoms with Crippen molar-refractivity contribution in [2.75, 3.05) is 13.2 Å². The minimum Gasteiger partial charge on any atom is -0.566 e. The van der Waals surface area contributed by atoms with Crippen LogP contribution in [0.1, 0.15) is 40.0 Å². The molecule has 0 aromatic heterocycles. The predicted molar refractivity (Wildman–Crippen MR) is 64.6 cm³/mol. The van der Waals surface area contributed by atoms with E-state index in [4.69, 9.17) is 11.4 Å². The van der Waals surface area contributed by atoms with Gasteiger partial charge in [0.1, 0.15) is 5.78 Å². The Morgan fingerprint density at radius 2 is 1.50 bits per heavy atom. The monoisotopic (exact) mass is 274 g/mol. The van der Waals surface area contributed by atoms with E-state index in [0.717, 1.165) is 12.8 Å². The molecule has 0 heterocycles. The molecule has 0 radical (unpaired) electrons. The molecule has 0 saturated carbocycles. The first-order valence-electron chi connectivity index (χ1n) is 5.97. The Bertz CT molecular complexity index is 283. The van der Waals surface area contributed by atoms with Crippen LogP contribution in [0, 0.1) is 0 Å². The summed E-state index contributed by atoms with van der Waals surface area (Å²) in [6.45, 7) is 5.88. The van der Waals surface area contributed by atoms with Crippen molar-refractivity contribution in [3.63, 3.8) is 0 Å². The maximum absolute atomic E-state index is 11.4. The van der Waals surface area contributed by atoms with Crippen molar-refractivity contribution in [2.24, 2.45) is 0 Å². The summed E-state index contributed by atoms with van der Waals surface area (Å²) in [4.78, 5) is 33.3.